The Morgan fingerprint density at radius 2 is 1.79 bits per heavy atom. The number of thiazole rings is 1. The van der Waals surface area contributed by atoms with Gasteiger partial charge in [-0.25, -0.2) is 4.98 Å². The van der Waals surface area contributed by atoms with Crippen molar-refractivity contribution in [1.29, 1.82) is 0 Å². The lowest BCUT2D eigenvalue weighted by Crippen LogP contribution is -2.36. The van der Waals surface area contributed by atoms with Gasteiger partial charge in [0.2, 0.25) is 5.91 Å². The number of para-hydroxylation sites is 1. The molecule has 0 unspecified atom stereocenters. The highest BCUT2D eigenvalue weighted by Crippen LogP contribution is 2.26. The summed E-state index contributed by atoms with van der Waals surface area (Å²) in [6, 6.07) is 16.0. The van der Waals surface area contributed by atoms with Crippen LogP contribution >= 0.6 is 11.3 Å². The third-order valence-corrected chi connectivity index (χ3v) is 5.49. The molecule has 3 aromatic rings. The fourth-order valence-electron chi connectivity index (χ4n) is 2.27. The van der Waals surface area contributed by atoms with Crippen molar-refractivity contribution in [2.24, 2.45) is 0 Å². The molecule has 0 fully saturated rings. The number of fused-ring (bicyclic) bond motifs is 1. The zero-order valence-electron chi connectivity index (χ0n) is 12.4. The first-order chi connectivity index (χ1) is 11.4. The molecule has 0 saturated heterocycles. The number of carbonyl (C=O) groups excluding carboxylic acids is 1. The smallest absolute Gasteiger partial charge is 0.277 e. The molecule has 1 amide bonds. The summed E-state index contributed by atoms with van der Waals surface area (Å²) in [5, 5.41) is 1.19. The Kier molecular flexibility index (Phi) is 4.61. The van der Waals surface area contributed by atoms with Crippen LogP contribution in [-0.4, -0.2) is 29.1 Å². The van der Waals surface area contributed by atoms with E-state index < -0.39 is 21.3 Å². The first-order valence-electron chi connectivity index (χ1n) is 7.10. The van der Waals surface area contributed by atoms with E-state index in [1.165, 1.54) is 11.3 Å². The van der Waals surface area contributed by atoms with Gasteiger partial charge in [0.05, 0.1) is 10.2 Å². The molecule has 1 aromatic heterocycles. The minimum absolute atomic E-state index is 0.115. The van der Waals surface area contributed by atoms with Crippen LogP contribution in [0.5, 0.6) is 0 Å². The number of amides is 1. The number of hydrogen-bond donors (Lipinski definition) is 2. The van der Waals surface area contributed by atoms with E-state index >= 15 is 0 Å². The molecule has 24 heavy (non-hydrogen) atoms. The summed E-state index contributed by atoms with van der Waals surface area (Å²) < 4.78 is 33.5. The summed E-state index contributed by atoms with van der Waals surface area (Å²) in [5.41, 5.74) is 1.35. The Labute approximate surface area is 142 Å². The molecule has 2 aromatic carbocycles. The highest BCUT2D eigenvalue weighted by atomic mass is 32.2. The molecule has 0 aliphatic heterocycles. The Hall–Kier alpha value is -2.29. The Morgan fingerprint density at radius 1 is 1.12 bits per heavy atom. The molecule has 1 atom stereocenters. The van der Waals surface area contributed by atoms with Crippen molar-refractivity contribution in [2.45, 2.75) is 11.7 Å². The monoisotopic (exact) mass is 362 g/mol. The lowest BCUT2D eigenvalue weighted by atomic mass is 10.1. The molecule has 0 aliphatic carbocycles. The van der Waals surface area contributed by atoms with E-state index in [2.05, 4.69) is 10.3 Å². The molecule has 3 rings (SSSR count). The Balaban J connectivity index is 1.83. The third kappa shape index (κ3) is 3.78. The SMILES string of the molecule is O=C(Nc1nc2ccccc2s1)[C@H](Cc1ccccc1)S(=O)(=O)O. The number of nitrogens with zero attached hydrogens (tertiary/aromatic N) is 1. The molecule has 1 heterocycles. The minimum Gasteiger partial charge on any atom is -0.301 e. The van der Waals surface area contributed by atoms with E-state index in [4.69, 9.17) is 0 Å². The van der Waals surface area contributed by atoms with Gasteiger partial charge >= 0.3 is 0 Å². The van der Waals surface area contributed by atoms with Crippen LogP contribution in [0, 0.1) is 0 Å². The molecule has 0 aliphatic rings. The van der Waals surface area contributed by atoms with Crippen molar-refractivity contribution in [2.75, 3.05) is 5.32 Å². The molecular weight excluding hydrogens is 348 g/mol. The predicted octanol–water partition coefficient (Wildman–Crippen LogP) is 2.73. The van der Waals surface area contributed by atoms with Crippen molar-refractivity contribution in [3.8, 4) is 0 Å². The summed E-state index contributed by atoms with van der Waals surface area (Å²) in [6.07, 6.45) is -0.115. The zero-order valence-corrected chi connectivity index (χ0v) is 14.0. The van der Waals surface area contributed by atoms with Gasteiger partial charge in [-0.2, -0.15) is 8.42 Å². The van der Waals surface area contributed by atoms with E-state index in [-0.39, 0.29) is 6.42 Å². The zero-order chi connectivity index (χ0) is 17.2. The lowest BCUT2D eigenvalue weighted by molar-refractivity contribution is -0.115. The topological polar surface area (TPSA) is 96.4 Å². The minimum atomic E-state index is -4.55. The van der Waals surface area contributed by atoms with E-state index in [1.807, 2.05) is 18.2 Å². The second-order valence-electron chi connectivity index (χ2n) is 5.17. The fourth-order valence-corrected chi connectivity index (χ4v) is 3.87. The van der Waals surface area contributed by atoms with Gasteiger partial charge in [0, 0.05) is 6.42 Å². The van der Waals surface area contributed by atoms with E-state index in [1.54, 1.807) is 36.4 Å². The van der Waals surface area contributed by atoms with Crippen LogP contribution in [-0.2, 0) is 21.3 Å². The maximum Gasteiger partial charge on any atom is 0.277 e. The number of aromatic nitrogens is 1. The van der Waals surface area contributed by atoms with Crippen LogP contribution in [0.15, 0.2) is 54.6 Å². The van der Waals surface area contributed by atoms with Gasteiger partial charge in [-0.1, -0.05) is 53.8 Å². The quantitative estimate of drug-likeness (QED) is 0.680. The van der Waals surface area contributed by atoms with Gasteiger partial charge in [-0.15, -0.1) is 0 Å². The highest BCUT2D eigenvalue weighted by molar-refractivity contribution is 7.87. The summed E-state index contributed by atoms with van der Waals surface area (Å²) in [6.45, 7) is 0. The first kappa shape index (κ1) is 16.6. The van der Waals surface area contributed by atoms with Gasteiger partial charge in [-0.3, -0.25) is 9.35 Å². The molecule has 0 spiro atoms. The van der Waals surface area contributed by atoms with Crippen molar-refractivity contribution in [3.63, 3.8) is 0 Å². The number of carbonyl (C=O) groups is 1. The van der Waals surface area contributed by atoms with Crippen LogP contribution < -0.4 is 5.32 Å². The maximum atomic E-state index is 12.4. The van der Waals surface area contributed by atoms with Crippen LogP contribution in [0.25, 0.3) is 10.2 Å². The molecule has 8 heteroatoms. The average Bonchev–Trinajstić information content (AvgIpc) is 2.94. The number of benzene rings is 2. The van der Waals surface area contributed by atoms with Crippen molar-refractivity contribution < 1.29 is 17.8 Å². The summed E-state index contributed by atoms with van der Waals surface area (Å²) in [4.78, 5) is 16.6. The summed E-state index contributed by atoms with van der Waals surface area (Å²) in [7, 11) is -4.55. The van der Waals surface area contributed by atoms with Crippen molar-refractivity contribution in [1.82, 2.24) is 4.98 Å². The van der Waals surface area contributed by atoms with Gasteiger partial charge in [0.15, 0.2) is 10.4 Å². The van der Waals surface area contributed by atoms with Crippen LogP contribution in [0.4, 0.5) is 5.13 Å². The summed E-state index contributed by atoms with van der Waals surface area (Å²) >= 11 is 1.24. The largest absolute Gasteiger partial charge is 0.301 e. The molecule has 2 N–H and O–H groups in total. The Bertz CT molecular complexity index is 935. The molecule has 0 bridgehead atoms. The lowest BCUT2D eigenvalue weighted by Gasteiger charge is -2.13. The van der Waals surface area contributed by atoms with Gasteiger partial charge in [0.1, 0.15) is 0 Å². The average molecular weight is 362 g/mol. The molecular formula is C16H14N2O4S2. The van der Waals surface area contributed by atoms with E-state index in [9.17, 15) is 17.8 Å². The van der Waals surface area contributed by atoms with Crippen molar-refractivity contribution in [3.05, 3.63) is 60.2 Å². The van der Waals surface area contributed by atoms with Crippen LogP contribution in [0.3, 0.4) is 0 Å². The summed E-state index contributed by atoms with van der Waals surface area (Å²) in [5.74, 6) is -0.805. The fraction of sp³-hybridized carbons (Fsp3) is 0.125. The second kappa shape index (κ2) is 6.68. The molecule has 124 valence electrons. The highest BCUT2D eigenvalue weighted by Gasteiger charge is 2.31. The van der Waals surface area contributed by atoms with Gasteiger partial charge < -0.3 is 5.32 Å². The number of hydrogen-bond acceptors (Lipinski definition) is 5. The third-order valence-electron chi connectivity index (χ3n) is 3.44. The maximum absolute atomic E-state index is 12.4. The van der Waals surface area contributed by atoms with Crippen LogP contribution in [0.1, 0.15) is 5.56 Å². The molecule has 6 nitrogen and oxygen atoms in total. The normalized spacial score (nSPS) is 12.9. The number of rotatable bonds is 5. The standard InChI is InChI=1S/C16H14N2O4S2/c19-15(18-16-17-12-8-4-5-9-13(12)23-16)14(24(20,21)22)10-11-6-2-1-3-7-11/h1-9,14H,10H2,(H,17,18,19)(H,20,21,22)/t14-/m0/s1. The first-order valence-corrected chi connectivity index (χ1v) is 9.42. The predicted molar refractivity (Wildman–Crippen MR) is 93.7 cm³/mol. The van der Waals surface area contributed by atoms with Gasteiger partial charge in [0.25, 0.3) is 10.1 Å². The van der Waals surface area contributed by atoms with E-state index in [0.29, 0.717) is 16.2 Å². The van der Waals surface area contributed by atoms with Crippen molar-refractivity contribution >= 4 is 42.7 Å². The molecule has 0 radical (unpaired) electrons. The second-order valence-corrected chi connectivity index (χ2v) is 7.80. The molecule has 0 saturated carbocycles. The number of nitrogens with one attached hydrogen (secondary N) is 1. The van der Waals surface area contributed by atoms with Gasteiger partial charge in [-0.05, 0) is 17.7 Å². The number of anilines is 1. The van der Waals surface area contributed by atoms with E-state index in [0.717, 1.165) is 4.70 Å². The van der Waals surface area contributed by atoms with Crippen LogP contribution in [0.2, 0.25) is 0 Å². The Morgan fingerprint density at radius 3 is 2.46 bits per heavy atom.